The second kappa shape index (κ2) is 15.9. The maximum absolute atomic E-state index is 6.33. The number of pyridine rings is 3. The number of hydrogen-bond donors (Lipinski definition) is 0. The molecule has 51 heavy (non-hydrogen) atoms. The third-order valence-electron chi connectivity index (χ3n) is 8.43. The number of aliphatic imine (C=N–C) groups is 2. The van der Waals surface area contributed by atoms with Crippen molar-refractivity contribution in [3.63, 3.8) is 0 Å². The van der Waals surface area contributed by atoms with Gasteiger partial charge >= 0.3 is 0 Å². The van der Waals surface area contributed by atoms with Crippen molar-refractivity contribution in [2.75, 3.05) is 0 Å². The summed E-state index contributed by atoms with van der Waals surface area (Å²) in [5.41, 5.74) is 8.18. The van der Waals surface area contributed by atoms with Crippen LogP contribution in [0.15, 0.2) is 138 Å². The molecule has 4 aromatic heterocycles. The molecule has 0 bridgehead atoms. The minimum atomic E-state index is -0.671. The van der Waals surface area contributed by atoms with E-state index in [4.69, 9.17) is 39.9 Å². The maximum Gasteiger partial charge on any atom is 0.138 e. The Morgan fingerprint density at radius 3 is 1.75 bits per heavy atom. The molecule has 0 unspecified atom stereocenters. The van der Waals surface area contributed by atoms with Gasteiger partial charge in [-0.15, -0.1) is 0 Å². The first-order chi connectivity index (χ1) is 24.8. The number of rotatable bonds is 4. The second-order valence-corrected chi connectivity index (χ2v) is 14.7. The SMILES string of the molecule is Clc1cc2c(cn1)C(I)=NC2.Clc1cc2c(cn1)C=NC2.Clc1cc2c(cn1)c(I)nn2C(c1ccccc1)(c1ccccc1)c1ccccc1. The summed E-state index contributed by atoms with van der Waals surface area (Å²) in [6.45, 7) is 1.49. The van der Waals surface area contributed by atoms with Gasteiger partial charge in [0.1, 0.15) is 28.4 Å². The predicted molar refractivity (Wildman–Crippen MR) is 224 cm³/mol. The smallest absolute Gasteiger partial charge is 0.138 e. The standard InChI is InChI=1S/C25H17ClIN3.C7H4ClIN2.C7H5ClN2/c26-23-16-22-21(17-28-23)24(27)29-30(22)25(18-10-4-1-5-11-18,19-12-6-2-7-13-19)20-14-8-3-9-15-20;8-6-1-4-2-11-7(9)5(4)3-10-6;8-7-1-5-2-9-3-6(5)4-10-7/h1-17H;1,3H,2H2;1,3-4H,2H2. The number of hydrogen-bond acceptors (Lipinski definition) is 6. The van der Waals surface area contributed by atoms with E-state index in [1.807, 2.05) is 42.6 Å². The molecule has 2 aliphatic rings. The van der Waals surface area contributed by atoms with Crippen LogP contribution in [0.25, 0.3) is 10.9 Å². The summed E-state index contributed by atoms with van der Waals surface area (Å²) < 4.78 is 4.01. The van der Waals surface area contributed by atoms with Crippen molar-refractivity contribution in [2.45, 2.75) is 18.6 Å². The molecule has 0 amide bonds. The number of benzene rings is 3. The number of aromatic nitrogens is 5. The van der Waals surface area contributed by atoms with Gasteiger partial charge in [-0.1, -0.05) is 126 Å². The van der Waals surface area contributed by atoms with Crippen LogP contribution in [0, 0.1) is 3.70 Å². The predicted octanol–water partition coefficient (Wildman–Crippen LogP) is 10.6. The van der Waals surface area contributed by atoms with Gasteiger partial charge < -0.3 is 0 Å². The van der Waals surface area contributed by atoms with Gasteiger partial charge in [0.15, 0.2) is 0 Å². The lowest BCUT2D eigenvalue weighted by Crippen LogP contribution is -2.38. The fourth-order valence-electron chi connectivity index (χ4n) is 6.11. The van der Waals surface area contributed by atoms with Crippen LogP contribution in [0.2, 0.25) is 15.5 Å². The lowest BCUT2D eigenvalue weighted by Gasteiger charge is -2.37. The Morgan fingerprint density at radius 2 is 1.14 bits per heavy atom. The van der Waals surface area contributed by atoms with E-state index in [0.717, 1.165) is 59.2 Å². The Labute approximate surface area is 337 Å². The van der Waals surface area contributed by atoms with Crippen LogP contribution in [0.4, 0.5) is 0 Å². The van der Waals surface area contributed by atoms with Gasteiger partial charge in [-0.05, 0) is 85.1 Å². The zero-order chi connectivity index (χ0) is 35.4. The number of fused-ring (bicyclic) bond motifs is 3. The fraction of sp³-hybridized carbons (Fsp3) is 0.0769. The van der Waals surface area contributed by atoms with E-state index in [2.05, 4.69) is 148 Å². The van der Waals surface area contributed by atoms with Crippen molar-refractivity contribution >= 4 is 101 Å². The Bertz CT molecular complexity index is 2290. The highest BCUT2D eigenvalue weighted by Gasteiger charge is 2.40. The molecule has 252 valence electrons. The molecule has 0 saturated carbocycles. The molecule has 6 heterocycles. The lowest BCUT2D eigenvalue weighted by atomic mass is 9.77. The third kappa shape index (κ3) is 7.45. The number of halogens is 5. The van der Waals surface area contributed by atoms with E-state index < -0.39 is 5.54 Å². The third-order valence-corrected chi connectivity index (χ3v) is 10.8. The van der Waals surface area contributed by atoms with E-state index in [9.17, 15) is 0 Å². The molecule has 0 saturated heterocycles. The molecule has 9 rings (SSSR count). The zero-order valence-electron chi connectivity index (χ0n) is 26.6. The molecular weight excluding hydrogens is 927 g/mol. The molecule has 0 spiro atoms. The minimum Gasteiger partial charge on any atom is -0.288 e. The van der Waals surface area contributed by atoms with Gasteiger partial charge in [0.2, 0.25) is 0 Å². The quantitative estimate of drug-likeness (QED) is 0.100. The molecule has 12 heteroatoms. The van der Waals surface area contributed by atoms with E-state index in [1.54, 1.807) is 18.6 Å². The van der Waals surface area contributed by atoms with Gasteiger partial charge in [0, 0.05) is 42.0 Å². The largest absolute Gasteiger partial charge is 0.288 e. The monoisotopic (exact) mass is 951 g/mol. The Hall–Kier alpha value is -3.75. The molecule has 0 N–H and O–H groups in total. The van der Waals surface area contributed by atoms with Crippen molar-refractivity contribution in [1.82, 2.24) is 24.7 Å². The zero-order valence-corrected chi connectivity index (χ0v) is 33.2. The van der Waals surface area contributed by atoms with Gasteiger partial charge in [0.25, 0.3) is 0 Å². The van der Waals surface area contributed by atoms with Crippen LogP contribution in [-0.2, 0) is 18.6 Å². The van der Waals surface area contributed by atoms with Crippen LogP contribution in [0.3, 0.4) is 0 Å². The first-order valence-electron chi connectivity index (χ1n) is 15.7. The lowest BCUT2D eigenvalue weighted by molar-refractivity contribution is 0.473. The molecule has 0 radical (unpaired) electrons. The Balaban J connectivity index is 0.000000156. The van der Waals surface area contributed by atoms with E-state index >= 15 is 0 Å². The van der Waals surface area contributed by atoms with Gasteiger partial charge in [-0.3, -0.25) is 9.98 Å². The summed E-state index contributed by atoms with van der Waals surface area (Å²) in [5.74, 6) is 0. The topological polar surface area (TPSA) is 81.2 Å². The van der Waals surface area contributed by atoms with Crippen molar-refractivity contribution in [3.05, 3.63) is 186 Å². The second-order valence-electron chi connectivity index (χ2n) is 11.5. The molecule has 7 aromatic rings. The molecule has 0 atom stereocenters. The molecule has 3 aromatic carbocycles. The Kier molecular flexibility index (Phi) is 11.1. The highest BCUT2D eigenvalue weighted by molar-refractivity contribution is 14.1. The van der Waals surface area contributed by atoms with Crippen LogP contribution >= 0.6 is 80.0 Å². The first kappa shape index (κ1) is 35.6. The molecule has 2 aliphatic heterocycles. The van der Waals surface area contributed by atoms with E-state index in [1.165, 1.54) is 11.1 Å². The van der Waals surface area contributed by atoms with Crippen molar-refractivity contribution < 1.29 is 0 Å². The molecule has 0 aliphatic carbocycles. The highest BCUT2D eigenvalue weighted by Crippen LogP contribution is 2.43. The van der Waals surface area contributed by atoms with Crippen LogP contribution in [0.5, 0.6) is 0 Å². The molecule has 7 nitrogen and oxygen atoms in total. The van der Waals surface area contributed by atoms with Gasteiger partial charge in [0.05, 0.1) is 24.0 Å². The summed E-state index contributed by atoms with van der Waals surface area (Å²) in [6, 6.07) is 37.1. The fourth-order valence-corrected chi connectivity index (χ4v) is 7.91. The number of nitrogens with zero attached hydrogens (tertiary/aromatic N) is 7. The van der Waals surface area contributed by atoms with Crippen molar-refractivity contribution in [1.29, 1.82) is 0 Å². The highest BCUT2D eigenvalue weighted by atomic mass is 127. The first-order valence-corrected chi connectivity index (χ1v) is 19.0. The average molecular weight is 953 g/mol. The van der Waals surface area contributed by atoms with Crippen molar-refractivity contribution in [2.24, 2.45) is 9.98 Å². The summed E-state index contributed by atoms with van der Waals surface area (Å²) in [5, 5.41) is 7.56. The summed E-state index contributed by atoms with van der Waals surface area (Å²) >= 11 is 22.2. The Morgan fingerprint density at radius 1 is 0.608 bits per heavy atom. The van der Waals surface area contributed by atoms with Crippen LogP contribution in [0.1, 0.15) is 38.9 Å². The van der Waals surface area contributed by atoms with Crippen LogP contribution < -0.4 is 0 Å². The minimum absolute atomic E-state index is 0.447. The molecule has 0 fully saturated rings. The van der Waals surface area contributed by atoms with Crippen LogP contribution in [-0.4, -0.2) is 34.7 Å². The maximum atomic E-state index is 6.33. The van der Waals surface area contributed by atoms with Crippen molar-refractivity contribution in [3.8, 4) is 0 Å². The van der Waals surface area contributed by atoms with E-state index in [-0.39, 0.29) is 0 Å². The summed E-state index contributed by atoms with van der Waals surface area (Å²) in [6.07, 6.45) is 7.14. The molecular formula is C39H26Cl3I2N7. The van der Waals surface area contributed by atoms with Gasteiger partial charge in [-0.2, -0.15) is 5.10 Å². The summed E-state index contributed by atoms with van der Waals surface area (Å²) in [4.78, 5) is 20.5. The normalized spacial score (nSPS) is 12.7. The summed E-state index contributed by atoms with van der Waals surface area (Å²) in [7, 11) is 0. The van der Waals surface area contributed by atoms with E-state index in [0.29, 0.717) is 15.5 Å². The van der Waals surface area contributed by atoms with Gasteiger partial charge in [-0.25, -0.2) is 19.6 Å². The average Bonchev–Trinajstić information content (AvgIpc) is 3.87.